The smallest absolute Gasteiger partial charge is 0.0418 e. The molecule has 98 valence electrons. The number of halogens is 1. The van der Waals surface area contributed by atoms with Crippen molar-refractivity contribution >= 4 is 21.6 Å². The Balaban J connectivity index is 2.34. The molecule has 1 aromatic rings. The highest BCUT2D eigenvalue weighted by Gasteiger charge is 2.17. The van der Waals surface area contributed by atoms with Crippen LogP contribution in [0.15, 0.2) is 34.3 Å². The molecule has 3 heteroatoms. The molecular formula is C15H21BrN2. The first-order valence-electron chi connectivity index (χ1n) is 6.49. The Morgan fingerprint density at radius 2 is 2.17 bits per heavy atom. The fourth-order valence-corrected chi connectivity index (χ4v) is 2.81. The lowest BCUT2D eigenvalue weighted by Crippen LogP contribution is -2.31. The van der Waals surface area contributed by atoms with Gasteiger partial charge < -0.3 is 10.2 Å². The quantitative estimate of drug-likeness (QED) is 0.852. The van der Waals surface area contributed by atoms with Gasteiger partial charge in [-0.2, -0.15) is 0 Å². The Hall–Kier alpha value is -0.800. The maximum Gasteiger partial charge on any atom is 0.0418 e. The Bertz CT molecular complexity index is 454. The van der Waals surface area contributed by atoms with Crippen molar-refractivity contribution in [2.24, 2.45) is 0 Å². The number of nitrogens with zero attached hydrogens (tertiary/aromatic N) is 1. The van der Waals surface area contributed by atoms with E-state index < -0.39 is 0 Å². The third-order valence-corrected chi connectivity index (χ3v) is 4.06. The van der Waals surface area contributed by atoms with Crippen LogP contribution in [0.3, 0.4) is 0 Å². The van der Waals surface area contributed by atoms with Crippen LogP contribution in [0.25, 0.3) is 0 Å². The van der Waals surface area contributed by atoms with E-state index >= 15 is 0 Å². The highest BCUT2D eigenvalue weighted by molar-refractivity contribution is 9.10. The highest BCUT2D eigenvalue weighted by Crippen LogP contribution is 2.31. The molecule has 0 fully saturated rings. The highest BCUT2D eigenvalue weighted by atomic mass is 79.9. The lowest BCUT2D eigenvalue weighted by atomic mass is 10.0. The average Bonchev–Trinajstić information content (AvgIpc) is 2.37. The van der Waals surface area contributed by atoms with E-state index in [1.807, 2.05) is 7.05 Å². The van der Waals surface area contributed by atoms with Gasteiger partial charge in [0.15, 0.2) is 0 Å². The second-order valence-corrected chi connectivity index (χ2v) is 5.89. The average molecular weight is 309 g/mol. The zero-order valence-electron chi connectivity index (χ0n) is 11.3. The van der Waals surface area contributed by atoms with Gasteiger partial charge >= 0.3 is 0 Å². The standard InChI is InChI=1S/C15H21BrN2/c1-11-5-4-8-18(10-11)15-7-6-13(16)9-14(15)12(2)17-3/h5-7,9,12,17H,4,8,10H2,1-3H3. The van der Waals surface area contributed by atoms with Crippen LogP contribution >= 0.6 is 15.9 Å². The van der Waals surface area contributed by atoms with Gasteiger partial charge in [-0.25, -0.2) is 0 Å². The topological polar surface area (TPSA) is 15.3 Å². The minimum atomic E-state index is 0.365. The van der Waals surface area contributed by atoms with Gasteiger partial charge in [0.2, 0.25) is 0 Å². The zero-order valence-corrected chi connectivity index (χ0v) is 12.9. The number of hydrogen-bond acceptors (Lipinski definition) is 2. The van der Waals surface area contributed by atoms with Crippen LogP contribution in [0.1, 0.15) is 31.9 Å². The monoisotopic (exact) mass is 308 g/mol. The molecule has 0 radical (unpaired) electrons. The molecular weight excluding hydrogens is 288 g/mol. The predicted octanol–water partition coefficient (Wildman–Crippen LogP) is 3.89. The van der Waals surface area contributed by atoms with Gasteiger partial charge in [0.25, 0.3) is 0 Å². The van der Waals surface area contributed by atoms with Gasteiger partial charge in [-0.15, -0.1) is 0 Å². The number of nitrogens with one attached hydrogen (secondary N) is 1. The summed E-state index contributed by atoms with van der Waals surface area (Å²) in [6.07, 6.45) is 3.49. The van der Waals surface area contributed by atoms with Crippen molar-refractivity contribution in [2.75, 3.05) is 25.0 Å². The molecule has 0 bridgehead atoms. The molecule has 2 nitrogen and oxygen atoms in total. The van der Waals surface area contributed by atoms with Crippen LogP contribution in [0.2, 0.25) is 0 Å². The minimum Gasteiger partial charge on any atom is -0.367 e. The molecule has 0 aliphatic carbocycles. The van der Waals surface area contributed by atoms with Gasteiger partial charge in [0.1, 0.15) is 0 Å². The Morgan fingerprint density at radius 3 is 2.83 bits per heavy atom. The molecule has 1 heterocycles. The molecule has 0 saturated heterocycles. The van der Waals surface area contributed by atoms with Crippen LogP contribution in [-0.2, 0) is 0 Å². The molecule has 1 aromatic carbocycles. The molecule has 2 rings (SSSR count). The maximum absolute atomic E-state index is 3.57. The number of hydrogen-bond donors (Lipinski definition) is 1. The van der Waals surface area contributed by atoms with Crippen LogP contribution < -0.4 is 10.2 Å². The number of benzene rings is 1. The van der Waals surface area contributed by atoms with Crippen molar-refractivity contribution < 1.29 is 0 Å². The van der Waals surface area contributed by atoms with Crippen molar-refractivity contribution in [3.05, 3.63) is 39.9 Å². The van der Waals surface area contributed by atoms with Crippen LogP contribution in [0.5, 0.6) is 0 Å². The van der Waals surface area contributed by atoms with Gasteiger partial charge in [-0.05, 0) is 51.1 Å². The van der Waals surface area contributed by atoms with Crippen molar-refractivity contribution in [3.8, 4) is 0 Å². The Morgan fingerprint density at radius 1 is 1.39 bits per heavy atom. The van der Waals surface area contributed by atoms with E-state index in [1.54, 1.807) is 0 Å². The van der Waals surface area contributed by atoms with E-state index in [1.165, 1.54) is 16.8 Å². The van der Waals surface area contributed by atoms with Crippen LogP contribution in [0.4, 0.5) is 5.69 Å². The molecule has 0 amide bonds. The fourth-order valence-electron chi connectivity index (χ4n) is 2.43. The molecule has 1 unspecified atom stereocenters. The normalized spacial score (nSPS) is 17.6. The first-order valence-corrected chi connectivity index (χ1v) is 7.28. The molecule has 0 saturated carbocycles. The van der Waals surface area contributed by atoms with Gasteiger partial charge in [-0.1, -0.05) is 27.6 Å². The molecule has 1 N–H and O–H groups in total. The lowest BCUT2D eigenvalue weighted by molar-refractivity contribution is 0.646. The SMILES string of the molecule is CNC(C)c1cc(Br)ccc1N1CCC=C(C)C1. The maximum atomic E-state index is 3.57. The Kier molecular flexibility index (Phi) is 4.46. The summed E-state index contributed by atoms with van der Waals surface area (Å²) < 4.78 is 1.15. The van der Waals surface area contributed by atoms with E-state index in [-0.39, 0.29) is 0 Å². The molecule has 1 aliphatic heterocycles. The summed E-state index contributed by atoms with van der Waals surface area (Å²) in [4.78, 5) is 2.48. The second-order valence-electron chi connectivity index (χ2n) is 4.97. The van der Waals surface area contributed by atoms with Gasteiger partial charge in [0, 0.05) is 29.3 Å². The van der Waals surface area contributed by atoms with E-state index in [4.69, 9.17) is 0 Å². The van der Waals surface area contributed by atoms with Gasteiger partial charge in [0.05, 0.1) is 0 Å². The second kappa shape index (κ2) is 5.89. The summed E-state index contributed by atoms with van der Waals surface area (Å²) in [6.45, 7) is 6.58. The zero-order chi connectivity index (χ0) is 13.1. The van der Waals surface area contributed by atoms with Crippen molar-refractivity contribution in [3.63, 3.8) is 0 Å². The van der Waals surface area contributed by atoms with Crippen LogP contribution in [-0.4, -0.2) is 20.1 Å². The third kappa shape index (κ3) is 2.96. The molecule has 1 aliphatic rings. The third-order valence-electron chi connectivity index (χ3n) is 3.56. The first kappa shape index (κ1) is 13.6. The minimum absolute atomic E-state index is 0.365. The summed E-state index contributed by atoms with van der Waals surface area (Å²) in [5, 5.41) is 3.34. The Labute approximate surface area is 118 Å². The molecule has 0 aromatic heterocycles. The number of anilines is 1. The lowest BCUT2D eigenvalue weighted by Gasteiger charge is -2.31. The molecule has 18 heavy (non-hydrogen) atoms. The number of rotatable bonds is 3. The van der Waals surface area contributed by atoms with Gasteiger partial charge in [-0.3, -0.25) is 0 Å². The van der Waals surface area contributed by atoms with Crippen molar-refractivity contribution in [2.45, 2.75) is 26.3 Å². The van der Waals surface area contributed by atoms with Crippen LogP contribution in [0, 0.1) is 0 Å². The predicted molar refractivity (Wildman–Crippen MR) is 82.2 cm³/mol. The largest absolute Gasteiger partial charge is 0.367 e. The summed E-state index contributed by atoms with van der Waals surface area (Å²) >= 11 is 3.57. The van der Waals surface area contributed by atoms with E-state index in [2.05, 4.69) is 64.3 Å². The summed E-state index contributed by atoms with van der Waals surface area (Å²) in [5.41, 5.74) is 4.18. The van der Waals surface area contributed by atoms with Crippen molar-refractivity contribution in [1.29, 1.82) is 0 Å². The first-order chi connectivity index (χ1) is 8.61. The molecule has 0 spiro atoms. The fraction of sp³-hybridized carbons (Fsp3) is 0.467. The molecule has 1 atom stereocenters. The summed E-state index contributed by atoms with van der Waals surface area (Å²) in [7, 11) is 2.01. The van der Waals surface area contributed by atoms with E-state index in [0.29, 0.717) is 6.04 Å². The summed E-state index contributed by atoms with van der Waals surface area (Å²) in [6, 6.07) is 6.95. The van der Waals surface area contributed by atoms with E-state index in [9.17, 15) is 0 Å². The van der Waals surface area contributed by atoms with Crippen molar-refractivity contribution in [1.82, 2.24) is 5.32 Å². The van der Waals surface area contributed by atoms with E-state index in [0.717, 1.165) is 24.0 Å². The summed E-state index contributed by atoms with van der Waals surface area (Å²) in [5.74, 6) is 0.